The zero-order valence-corrected chi connectivity index (χ0v) is 7.18. The zero-order chi connectivity index (χ0) is 9.03. The van der Waals surface area contributed by atoms with Crippen LogP contribution in [0, 0.1) is 0 Å². The van der Waals surface area contributed by atoms with Gasteiger partial charge in [0.15, 0.2) is 0 Å². The maximum atomic E-state index is 11.1. The van der Waals surface area contributed by atoms with E-state index >= 15 is 0 Å². The number of nitrogens with two attached hydrogens (primary N) is 1. The van der Waals surface area contributed by atoms with E-state index in [0.717, 1.165) is 12.8 Å². The number of aliphatic hydroxyl groups excluding tert-OH is 1. The molecule has 1 saturated heterocycles. The molecule has 0 aromatic heterocycles. The maximum Gasteiger partial charge on any atom is 0.221 e. The second-order valence-electron chi connectivity index (χ2n) is 3.47. The molecule has 4 N–H and O–H groups in total. The second kappa shape index (κ2) is 3.87. The first-order valence-electron chi connectivity index (χ1n) is 4.33. The normalized spacial score (nSPS) is 31.0. The van der Waals surface area contributed by atoms with E-state index in [4.69, 9.17) is 10.8 Å². The quantitative estimate of drug-likeness (QED) is 0.519. The SMILES string of the molecule is NC1(CCO)CCCNC(=O)C1. The Morgan fingerprint density at radius 1 is 1.67 bits per heavy atom. The van der Waals surface area contributed by atoms with Gasteiger partial charge in [-0.1, -0.05) is 0 Å². The summed E-state index contributed by atoms with van der Waals surface area (Å²) >= 11 is 0. The van der Waals surface area contributed by atoms with Crippen molar-refractivity contribution in [3.63, 3.8) is 0 Å². The third-order valence-electron chi connectivity index (χ3n) is 2.30. The van der Waals surface area contributed by atoms with E-state index in [9.17, 15) is 4.79 Å². The van der Waals surface area contributed by atoms with E-state index in [1.165, 1.54) is 0 Å². The summed E-state index contributed by atoms with van der Waals surface area (Å²) in [5.41, 5.74) is 5.46. The predicted molar refractivity (Wildman–Crippen MR) is 45.5 cm³/mol. The van der Waals surface area contributed by atoms with Crippen LogP contribution < -0.4 is 11.1 Å². The van der Waals surface area contributed by atoms with Crippen molar-refractivity contribution in [2.75, 3.05) is 13.2 Å². The molecule has 0 radical (unpaired) electrons. The molecule has 1 rings (SSSR count). The average Bonchev–Trinajstić information content (AvgIpc) is 2.12. The zero-order valence-electron chi connectivity index (χ0n) is 7.18. The van der Waals surface area contributed by atoms with Gasteiger partial charge in [0.25, 0.3) is 0 Å². The van der Waals surface area contributed by atoms with E-state index in [1.807, 2.05) is 0 Å². The first-order valence-corrected chi connectivity index (χ1v) is 4.33. The summed E-state index contributed by atoms with van der Waals surface area (Å²) in [5.74, 6) is 0.00319. The van der Waals surface area contributed by atoms with Crippen molar-refractivity contribution in [2.45, 2.75) is 31.2 Å². The fraction of sp³-hybridized carbons (Fsp3) is 0.875. The molecular formula is C8H16N2O2. The minimum atomic E-state index is -0.477. The number of nitrogens with one attached hydrogen (secondary N) is 1. The van der Waals surface area contributed by atoms with Gasteiger partial charge in [0, 0.05) is 25.1 Å². The van der Waals surface area contributed by atoms with Crippen molar-refractivity contribution in [1.82, 2.24) is 5.32 Å². The van der Waals surface area contributed by atoms with Crippen molar-refractivity contribution >= 4 is 5.91 Å². The van der Waals surface area contributed by atoms with Gasteiger partial charge in [0.2, 0.25) is 5.91 Å². The average molecular weight is 172 g/mol. The van der Waals surface area contributed by atoms with Crippen LogP contribution in [-0.4, -0.2) is 29.7 Å². The van der Waals surface area contributed by atoms with Gasteiger partial charge in [-0.2, -0.15) is 0 Å². The van der Waals surface area contributed by atoms with Gasteiger partial charge in [-0.15, -0.1) is 0 Å². The molecule has 0 spiro atoms. The summed E-state index contributed by atoms with van der Waals surface area (Å²) in [4.78, 5) is 11.1. The van der Waals surface area contributed by atoms with Crippen LogP contribution >= 0.6 is 0 Å². The van der Waals surface area contributed by atoms with Gasteiger partial charge in [-0.3, -0.25) is 4.79 Å². The molecule has 1 aliphatic rings. The van der Waals surface area contributed by atoms with Gasteiger partial charge in [0.05, 0.1) is 0 Å². The van der Waals surface area contributed by atoms with Crippen LogP contribution in [0.3, 0.4) is 0 Å². The molecule has 1 fully saturated rings. The van der Waals surface area contributed by atoms with Crippen molar-refractivity contribution in [3.8, 4) is 0 Å². The Balaban J connectivity index is 2.54. The standard InChI is InChI=1S/C8H16N2O2/c9-8(3-5-11)2-1-4-10-7(12)6-8/h11H,1-6,9H2,(H,10,12). The molecule has 0 bridgehead atoms. The van der Waals surface area contributed by atoms with E-state index in [1.54, 1.807) is 0 Å². The lowest BCUT2D eigenvalue weighted by atomic mass is 9.88. The van der Waals surface area contributed by atoms with Gasteiger partial charge < -0.3 is 16.2 Å². The summed E-state index contributed by atoms with van der Waals surface area (Å²) in [7, 11) is 0. The van der Waals surface area contributed by atoms with E-state index in [0.29, 0.717) is 19.4 Å². The number of aliphatic hydroxyl groups is 1. The van der Waals surface area contributed by atoms with E-state index in [-0.39, 0.29) is 12.5 Å². The topological polar surface area (TPSA) is 75.3 Å². The number of hydrogen-bond donors (Lipinski definition) is 3. The first kappa shape index (κ1) is 9.48. The summed E-state index contributed by atoms with van der Waals surface area (Å²) in [6.45, 7) is 0.771. The number of rotatable bonds is 2. The molecule has 0 aromatic carbocycles. The molecule has 0 saturated carbocycles. The van der Waals surface area contributed by atoms with Gasteiger partial charge in [-0.05, 0) is 19.3 Å². The highest BCUT2D eigenvalue weighted by atomic mass is 16.3. The van der Waals surface area contributed by atoms with Crippen LogP contribution in [0.1, 0.15) is 25.7 Å². The second-order valence-corrected chi connectivity index (χ2v) is 3.47. The molecule has 1 unspecified atom stereocenters. The van der Waals surface area contributed by atoms with Crippen molar-refractivity contribution in [1.29, 1.82) is 0 Å². The maximum absolute atomic E-state index is 11.1. The van der Waals surface area contributed by atoms with Gasteiger partial charge in [-0.25, -0.2) is 0 Å². The Bertz CT molecular complexity index is 172. The summed E-state index contributed by atoms with van der Waals surface area (Å²) in [6.07, 6.45) is 2.57. The molecule has 4 heteroatoms. The fourth-order valence-corrected chi connectivity index (χ4v) is 1.57. The minimum Gasteiger partial charge on any atom is -0.396 e. The molecule has 1 amide bonds. The monoisotopic (exact) mass is 172 g/mol. The third-order valence-corrected chi connectivity index (χ3v) is 2.30. The first-order chi connectivity index (χ1) is 5.66. The van der Waals surface area contributed by atoms with Crippen LogP contribution in [-0.2, 0) is 4.79 Å². The molecule has 1 aliphatic heterocycles. The molecule has 4 nitrogen and oxygen atoms in total. The molecule has 0 aliphatic carbocycles. The molecule has 1 atom stereocenters. The van der Waals surface area contributed by atoms with Crippen molar-refractivity contribution < 1.29 is 9.90 Å². The Kier molecular flexibility index (Phi) is 3.05. The Hall–Kier alpha value is -0.610. The van der Waals surface area contributed by atoms with E-state index in [2.05, 4.69) is 5.32 Å². The van der Waals surface area contributed by atoms with Crippen LogP contribution in [0.15, 0.2) is 0 Å². The van der Waals surface area contributed by atoms with Crippen LogP contribution in [0.4, 0.5) is 0 Å². The number of hydrogen-bond acceptors (Lipinski definition) is 3. The Morgan fingerprint density at radius 3 is 3.08 bits per heavy atom. The van der Waals surface area contributed by atoms with Crippen LogP contribution in [0.2, 0.25) is 0 Å². The largest absolute Gasteiger partial charge is 0.396 e. The summed E-state index contributed by atoms with van der Waals surface area (Å²) in [6, 6.07) is 0. The Labute approximate surface area is 72.1 Å². The fourth-order valence-electron chi connectivity index (χ4n) is 1.57. The summed E-state index contributed by atoms with van der Waals surface area (Å²) < 4.78 is 0. The van der Waals surface area contributed by atoms with Crippen molar-refractivity contribution in [3.05, 3.63) is 0 Å². The van der Waals surface area contributed by atoms with E-state index < -0.39 is 5.54 Å². The highest BCUT2D eigenvalue weighted by Gasteiger charge is 2.29. The molecule has 0 aromatic rings. The number of amides is 1. The molecular weight excluding hydrogens is 156 g/mol. The summed E-state index contributed by atoms with van der Waals surface area (Å²) in [5, 5.41) is 11.5. The number of carbonyl (C=O) groups is 1. The highest BCUT2D eigenvalue weighted by Crippen LogP contribution is 2.20. The lowest BCUT2D eigenvalue weighted by Crippen LogP contribution is -2.42. The molecule has 70 valence electrons. The van der Waals surface area contributed by atoms with Gasteiger partial charge in [0.1, 0.15) is 0 Å². The van der Waals surface area contributed by atoms with Gasteiger partial charge >= 0.3 is 0 Å². The molecule has 1 heterocycles. The smallest absolute Gasteiger partial charge is 0.221 e. The van der Waals surface area contributed by atoms with Crippen LogP contribution in [0.5, 0.6) is 0 Å². The van der Waals surface area contributed by atoms with Crippen molar-refractivity contribution in [2.24, 2.45) is 5.73 Å². The number of carbonyl (C=O) groups excluding carboxylic acids is 1. The molecule has 12 heavy (non-hydrogen) atoms. The Morgan fingerprint density at radius 2 is 2.42 bits per heavy atom. The lowest BCUT2D eigenvalue weighted by molar-refractivity contribution is -0.121. The predicted octanol–water partition coefficient (Wildman–Crippen LogP) is -0.634. The lowest BCUT2D eigenvalue weighted by Gasteiger charge is -2.25. The highest BCUT2D eigenvalue weighted by molar-refractivity contribution is 5.77. The van der Waals surface area contributed by atoms with Crippen LogP contribution in [0.25, 0.3) is 0 Å². The minimum absolute atomic E-state index is 0.00319. The third kappa shape index (κ3) is 2.46.